The van der Waals surface area contributed by atoms with Crippen molar-refractivity contribution in [2.24, 2.45) is 0 Å². The summed E-state index contributed by atoms with van der Waals surface area (Å²) in [5, 5.41) is 2.34. The van der Waals surface area contributed by atoms with Crippen LogP contribution in [-0.4, -0.2) is 17.4 Å². The molecule has 1 unspecified atom stereocenters. The molecule has 2 heterocycles. The lowest BCUT2D eigenvalue weighted by molar-refractivity contribution is -0.137. The molecule has 1 atom stereocenters. The largest absolute Gasteiger partial charge is 0.428 e. The second kappa shape index (κ2) is 5.08. The van der Waals surface area contributed by atoms with Crippen LogP contribution in [0.3, 0.4) is 0 Å². The minimum Gasteiger partial charge on any atom is -0.351 e. The predicted octanol–water partition coefficient (Wildman–Crippen LogP) is 1.48. The van der Waals surface area contributed by atoms with Gasteiger partial charge in [-0.25, -0.2) is 4.79 Å². The molecule has 6 nitrogen and oxygen atoms in total. The van der Waals surface area contributed by atoms with Crippen molar-refractivity contribution in [2.45, 2.75) is 24.7 Å². The molecule has 1 aliphatic heterocycles. The third-order valence-corrected chi connectivity index (χ3v) is 2.80. The lowest BCUT2D eigenvalue weighted by atomic mass is 9.99. The molecule has 1 aromatic heterocycles. The molecule has 9 heteroatoms. The summed E-state index contributed by atoms with van der Waals surface area (Å²) in [6.45, 7) is 0. The van der Waals surface area contributed by atoms with Crippen LogP contribution < -0.4 is 10.8 Å². The molecule has 2 N–H and O–H groups in total. The number of hydrogen-bond donors (Lipinski definition) is 2. The van der Waals surface area contributed by atoms with E-state index in [9.17, 15) is 22.8 Å². The van der Waals surface area contributed by atoms with E-state index in [1.807, 2.05) is 0 Å². The highest BCUT2D eigenvalue weighted by Crippen LogP contribution is 2.32. The second-order valence-electron chi connectivity index (χ2n) is 4.15. The summed E-state index contributed by atoms with van der Waals surface area (Å²) in [5.74, 6) is 0. The fraction of sp³-hybridized carbons (Fsp3) is 0.364. The Kier molecular flexibility index (Phi) is 3.62. The molecular weight excluding hydrogens is 279 g/mol. The number of amides is 1. The second-order valence-corrected chi connectivity index (χ2v) is 4.15. The van der Waals surface area contributed by atoms with Crippen LogP contribution in [0.15, 0.2) is 18.3 Å². The standard InChI is InChI=1S/C11H10F3N3O3/c12-11(13,14)7-2-4-15-8(6-7)10(3-1-5-18)16-9(19)20-17-10/h2,4-6,17H,1,3H2,(H,16,19). The minimum absolute atomic E-state index is 0.00850. The Morgan fingerprint density at radius 2 is 2.20 bits per heavy atom. The molecule has 108 valence electrons. The number of hydrogen-bond acceptors (Lipinski definition) is 5. The SMILES string of the molecule is O=CCCC1(c2cc(C(F)(F)F)ccn2)NOC(=O)N1. The highest BCUT2D eigenvalue weighted by Gasteiger charge is 2.43. The lowest BCUT2D eigenvalue weighted by Crippen LogP contribution is -2.47. The Bertz CT molecular complexity index is 535. The Hall–Kier alpha value is -2.16. The minimum atomic E-state index is -4.53. The highest BCUT2D eigenvalue weighted by atomic mass is 19.4. The van der Waals surface area contributed by atoms with Gasteiger partial charge in [-0.05, 0) is 18.6 Å². The van der Waals surface area contributed by atoms with Crippen LogP contribution in [0, 0.1) is 0 Å². The summed E-state index contributed by atoms with van der Waals surface area (Å²) in [7, 11) is 0. The molecule has 1 fully saturated rings. The molecule has 1 aliphatic rings. The lowest BCUT2D eigenvalue weighted by Gasteiger charge is -2.25. The van der Waals surface area contributed by atoms with Crippen LogP contribution in [0.4, 0.5) is 18.0 Å². The number of nitrogens with zero attached hydrogens (tertiary/aromatic N) is 1. The van der Waals surface area contributed by atoms with Crippen molar-refractivity contribution in [1.29, 1.82) is 0 Å². The average molecular weight is 289 g/mol. The number of rotatable bonds is 4. The van der Waals surface area contributed by atoms with Crippen LogP contribution in [0.25, 0.3) is 0 Å². The van der Waals surface area contributed by atoms with Crippen molar-refractivity contribution in [2.75, 3.05) is 0 Å². The maximum Gasteiger partial charge on any atom is 0.428 e. The number of alkyl halides is 3. The zero-order valence-electron chi connectivity index (χ0n) is 10.0. The van der Waals surface area contributed by atoms with Crippen molar-refractivity contribution in [3.63, 3.8) is 0 Å². The summed E-state index contributed by atoms with van der Waals surface area (Å²) >= 11 is 0. The fourth-order valence-electron chi connectivity index (χ4n) is 1.83. The molecule has 1 saturated heterocycles. The molecule has 2 rings (SSSR count). The predicted molar refractivity (Wildman–Crippen MR) is 59.0 cm³/mol. The van der Waals surface area contributed by atoms with E-state index < -0.39 is 23.5 Å². The Morgan fingerprint density at radius 3 is 2.75 bits per heavy atom. The molecule has 0 bridgehead atoms. The third-order valence-electron chi connectivity index (χ3n) is 2.80. The van der Waals surface area contributed by atoms with E-state index in [1.165, 1.54) is 0 Å². The van der Waals surface area contributed by atoms with Gasteiger partial charge in [-0.15, -0.1) is 5.48 Å². The summed E-state index contributed by atoms with van der Waals surface area (Å²) in [6, 6.07) is 1.61. The Labute approximate surface area is 111 Å². The normalized spacial score (nSPS) is 22.2. The summed E-state index contributed by atoms with van der Waals surface area (Å²) < 4.78 is 38.1. The van der Waals surface area contributed by atoms with E-state index in [1.54, 1.807) is 0 Å². The molecule has 0 saturated carbocycles. The highest BCUT2D eigenvalue weighted by molar-refractivity contribution is 5.70. The maximum atomic E-state index is 12.7. The van der Waals surface area contributed by atoms with Crippen molar-refractivity contribution in [1.82, 2.24) is 15.8 Å². The monoisotopic (exact) mass is 289 g/mol. The molecule has 20 heavy (non-hydrogen) atoms. The molecule has 1 aromatic rings. The van der Waals surface area contributed by atoms with E-state index in [-0.39, 0.29) is 18.5 Å². The summed E-state index contributed by atoms with van der Waals surface area (Å²) in [4.78, 5) is 29.9. The topological polar surface area (TPSA) is 80.3 Å². The van der Waals surface area contributed by atoms with Gasteiger partial charge in [0.2, 0.25) is 0 Å². The van der Waals surface area contributed by atoms with Crippen molar-refractivity contribution in [3.05, 3.63) is 29.6 Å². The van der Waals surface area contributed by atoms with Crippen molar-refractivity contribution >= 4 is 12.4 Å². The van der Waals surface area contributed by atoms with E-state index in [2.05, 4.69) is 20.6 Å². The number of hydroxylamine groups is 1. The van der Waals surface area contributed by atoms with Gasteiger partial charge in [0.15, 0.2) is 5.66 Å². The van der Waals surface area contributed by atoms with Crippen molar-refractivity contribution in [3.8, 4) is 0 Å². The Balaban J connectivity index is 2.39. The first-order valence-electron chi connectivity index (χ1n) is 5.61. The van der Waals surface area contributed by atoms with E-state index in [0.29, 0.717) is 6.29 Å². The summed E-state index contributed by atoms with van der Waals surface area (Å²) in [6.07, 6.45) is -3.80. The van der Waals surface area contributed by atoms with Crippen LogP contribution >= 0.6 is 0 Å². The van der Waals surface area contributed by atoms with Gasteiger partial charge in [-0.3, -0.25) is 10.3 Å². The smallest absolute Gasteiger partial charge is 0.351 e. The first-order chi connectivity index (χ1) is 9.37. The van der Waals surface area contributed by atoms with Gasteiger partial charge in [-0.1, -0.05) is 0 Å². The first kappa shape index (κ1) is 14.3. The number of halogens is 3. The van der Waals surface area contributed by atoms with Crippen LogP contribution in [0.1, 0.15) is 24.1 Å². The zero-order valence-corrected chi connectivity index (χ0v) is 10.0. The molecule has 1 amide bonds. The fourth-order valence-corrected chi connectivity index (χ4v) is 1.83. The number of aldehydes is 1. The van der Waals surface area contributed by atoms with Gasteiger partial charge in [-0.2, -0.15) is 13.2 Å². The number of carbonyl (C=O) groups is 2. The first-order valence-corrected chi connectivity index (χ1v) is 5.61. The van der Waals surface area contributed by atoms with Gasteiger partial charge in [0.05, 0.1) is 11.3 Å². The van der Waals surface area contributed by atoms with Gasteiger partial charge < -0.3 is 9.63 Å². The molecule has 0 aliphatic carbocycles. The van der Waals surface area contributed by atoms with Gasteiger partial charge in [0, 0.05) is 12.6 Å². The number of pyridine rings is 1. The quantitative estimate of drug-likeness (QED) is 0.821. The maximum absolute atomic E-state index is 12.7. The third kappa shape index (κ3) is 2.72. The van der Waals surface area contributed by atoms with E-state index >= 15 is 0 Å². The molecule has 0 aromatic carbocycles. The summed E-state index contributed by atoms with van der Waals surface area (Å²) in [5.41, 5.74) is -0.135. The van der Waals surface area contributed by atoms with Crippen molar-refractivity contribution < 1.29 is 27.6 Å². The number of carbonyl (C=O) groups excluding carboxylic acids is 2. The van der Waals surface area contributed by atoms with Gasteiger partial charge in [0.1, 0.15) is 6.29 Å². The Morgan fingerprint density at radius 1 is 1.45 bits per heavy atom. The van der Waals surface area contributed by atoms with E-state index in [4.69, 9.17) is 0 Å². The molecule has 0 spiro atoms. The average Bonchev–Trinajstić information content (AvgIpc) is 2.78. The van der Waals surface area contributed by atoms with Crippen LogP contribution in [-0.2, 0) is 21.5 Å². The molecular formula is C11H10F3N3O3. The van der Waals surface area contributed by atoms with Gasteiger partial charge >= 0.3 is 12.3 Å². The van der Waals surface area contributed by atoms with Crippen LogP contribution in [0.5, 0.6) is 0 Å². The van der Waals surface area contributed by atoms with E-state index in [0.717, 1.165) is 18.3 Å². The molecule has 0 radical (unpaired) electrons. The van der Waals surface area contributed by atoms with Crippen LogP contribution in [0.2, 0.25) is 0 Å². The zero-order chi connectivity index (χ0) is 14.8. The van der Waals surface area contributed by atoms with Gasteiger partial charge in [0.25, 0.3) is 0 Å². The number of aromatic nitrogens is 1. The number of nitrogens with one attached hydrogen (secondary N) is 2.